The molecule has 10 heavy (non-hydrogen) atoms. The monoisotopic (exact) mass is 196 g/mol. The lowest BCUT2D eigenvalue weighted by molar-refractivity contribution is 0.417. The molecule has 0 aromatic carbocycles. The van der Waals surface area contributed by atoms with Crippen LogP contribution in [0.15, 0.2) is 0 Å². The van der Waals surface area contributed by atoms with Gasteiger partial charge in [0.05, 0.1) is 0 Å². The van der Waals surface area contributed by atoms with Crippen LogP contribution in [-0.2, 0) is 4.43 Å². The molecule has 0 radical (unpaired) electrons. The average molecular weight is 196 g/mol. The number of thiol groups is 1. The topological polar surface area (TPSA) is 9.23 Å². The quantitative estimate of drug-likeness (QED) is 0.534. The zero-order chi connectivity index (χ0) is 8.04. The molecule has 0 N–H and O–H groups in total. The number of hydrogen-bond donors (Lipinski definition) is 1. The van der Waals surface area contributed by atoms with Gasteiger partial charge in [-0.3, -0.25) is 0 Å². The minimum atomic E-state index is -1.35. The van der Waals surface area contributed by atoms with Gasteiger partial charge >= 0.3 is 0 Å². The van der Waals surface area contributed by atoms with Gasteiger partial charge in [-0.25, -0.2) is 0 Å². The van der Waals surface area contributed by atoms with Crippen LogP contribution in [0.1, 0.15) is 6.42 Å². The minimum absolute atomic E-state index is 0.979. The highest BCUT2D eigenvalue weighted by Crippen LogP contribution is 2.24. The first-order valence-electron chi connectivity index (χ1n) is 3.39. The molecule has 0 aliphatic carbocycles. The van der Waals surface area contributed by atoms with Crippen molar-refractivity contribution in [2.24, 2.45) is 0 Å². The maximum atomic E-state index is 5.46. The van der Waals surface area contributed by atoms with Gasteiger partial charge < -0.3 is 4.43 Å². The zero-order valence-corrected chi connectivity index (χ0v) is 9.60. The van der Waals surface area contributed by atoms with Crippen LogP contribution < -0.4 is 0 Å². The Balaban J connectivity index is 3.58. The number of rotatable bonds is 5. The summed E-state index contributed by atoms with van der Waals surface area (Å²) in [5.41, 5.74) is 0. The van der Waals surface area contributed by atoms with E-state index in [1.807, 2.05) is 18.3 Å². The Morgan fingerprint density at radius 3 is 2.50 bits per heavy atom. The molecule has 0 bridgehead atoms. The van der Waals surface area contributed by atoms with Gasteiger partial charge in [0.2, 0.25) is 7.47 Å². The summed E-state index contributed by atoms with van der Waals surface area (Å²) >= 11 is 6.06. The van der Waals surface area contributed by atoms with Gasteiger partial charge in [-0.05, 0) is 31.0 Å². The highest BCUT2D eigenvalue weighted by Gasteiger charge is 2.25. The van der Waals surface area contributed by atoms with Crippen molar-refractivity contribution in [1.82, 2.24) is 0 Å². The smallest absolute Gasteiger partial charge is 0.250 e. The summed E-state index contributed by atoms with van der Waals surface area (Å²) in [6.45, 7) is 2.25. The van der Waals surface area contributed by atoms with Crippen molar-refractivity contribution in [1.29, 1.82) is 0 Å². The summed E-state index contributed by atoms with van der Waals surface area (Å²) < 4.78 is 5.46. The minimum Gasteiger partial charge on any atom is -0.410 e. The van der Waals surface area contributed by atoms with E-state index in [1.54, 1.807) is 0 Å². The van der Waals surface area contributed by atoms with Crippen molar-refractivity contribution in [3.8, 4) is 0 Å². The van der Waals surface area contributed by atoms with Gasteiger partial charge in [0.1, 0.15) is 0 Å². The normalized spacial score (nSPS) is 16.8. The fraction of sp³-hybridized carbons (Fsp3) is 1.00. The van der Waals surface area contributed by atoms with Crippen LogP contribution in [0.2, 0.25) is 12.6 Å². The third-order valence-corrected chi connectivity index (χ3v) is 8.66. The molecule has 0 rings (SSSR count). The predicted octanol–water partition coefficient (Wildman–Crippen LogP) is 2.39. The van der Waals surface area contributed by atoms with Gasteiger partial charge in [0, 0.05) is 7.11 Å². The Labute approximate surface area is 74.1 Å². The highest BCUT2D eigenvalue weighted by atomic mass is 32.4. The predicted molar refractivity (Wildman–Crippen MR) is 55.4 cm³/mol. The molecule has 1 nitrogen and oxygen atoms in total. The molecule has 0 saturated carbocycles. The molecule has 0 aromatic heterocycles. The first kappa shape index (κ1) is 10.9. The molecule has 0 heterocycles. The van der Waals surface area contributed by atoms with Crippen molar-refractivity contribution in [2.75, 3.05) is 19.1 Å². The highest BCUT2D eigenvalue weighted by molar-refractivity contribution is 8.27. The number of hydrogen-bond acceptors (Lipinski definition) is 3. The Kier molecular flexibility index (Phi) is 6.00. The molecule has 0 amide bonds. The molecule has 1 unspecified atom stereocenters. The van der Waals surface area contributed by atoms with Crippen molar-refractivity contribution in [3.05, 3.63) is 0 Å². The Morgan fingerprint density at radius 2 is 2.20 bits per heavy atom. The summed E-state index contributed by atoms with van der Waals surface area (Å²) in [6, 6.07) is 1.22. The third kappa shape index (κ3) is 3.90. The van der Waals surface area contributed by atoms with E-state index in [4.69, 9.17) is 4.43 Å². The van der Waals surface area contributed by atoms with Crippen molar-refractivity contribution in [3.63, 3.8) is 0 Å². The van der Waals surface area contributed by atoms with E-state index in [-0.39, 0.29) is 0 Å². The van der Waals surface area contributed by atoms with Crippen LogP contribution in [0.3, 0.4) is 0 Å². The molecular formula is C6H16OS2Si. The molecule has 0 spiro atoms. The third-order valence-electron chi connectivity index (χ3n) is 1.65. The second kappa shape index (κ2) is 5.52. The van der Waals surface area contributed by atoms with E-state index in [2.05, 4.69) is 25.4 Å². The molecule has 1 atom stereocenters. The first-order chi connectivity index (χ1) is 4.68. The van der Waals surface area contributed by atoms with Crippen LogP contribution in [0.25, 0.3) is 0 Å². The van der Waals surface area contributed by atoms with E-state index >= 15 is 0 Å². The lowest BCUT2D eigenvalue weighted by Crippen LogP contribution is -2.28. The maximum absolute atomic E-state index is 5.46. The van der Waals surface area contributed by atoms with Gasteiger partial charge in [-0.15, -0.1) is 0 Å². The van der Waals surface area contributed by atoms with E-state index in [1.165, 1.54) is 12.5 Å². The van der Waals surface area contributed by atoms with Crippen LogP contribution in [0, 0.1) is 0 Å². The summed E-state index contributed by atoms with van der Waals surface area (Å²) in [5.74, 6) is 0.979. The SMILES string of the molecule is CO[Si](C)(CCCS)SC. The van der Waals surface area contributed by atoms with Gasteiger partial charge in [0.25, 0.3) is 0 Å². The van der Waals surface area contributed by atoms with Crippen LogP contribution >= 0.6 is 23.8 Å². The Morgan fingerprint density at radius 1 is 1.60 bits per heavy atom. The molecule has 0 aliphatic heterocycles. The maximum Gasteiger partial charge on any atom is 0.250 e. The molecule has 0 aromatic rings. The summed E-state index contributed by atoms with van der Waals surface area (Å²) in [4.78, 5) is 0. The van der Waals surface area contributed by atoms with Gasteiger partial charge in [0.15, 0.2) is 0 Å². The van der Waals surface area contributed by atoms with Crippen LogP contribution in [0.4, 0.5) is 0 Å². The zero-order valence-electron chi connectivity index (χ0n) is 6.89. The molecule has 4 heteroatoms. The second-order valence-electron chi connectivity index (χ2n) is 2.37. The lowest BCUT2D eigenvalue weighted by Gasteiger charge is -2.21. The van der Waals surface area contributed by atoms with Gasteiger partial charge in [-0.2, -0.15) is 23.8 Å². The standard InChI is InChI=1S/C6H16OS2Si/c1-7-10(3,9-2)6-4-5-8/h8H,4-6H2,1-3H3. The van der Waals surface area contributed by atoms with E-state index in [0.29, 0.717) is 0 Å². The lowest BCUT2D eigenvalue weighted by atomic mass is 10.6. The molecule has 0 fully saturated rings. The van der Waals surface area contributed by atoms with Crippen molar-refractivity contribution >= 4 is 31.3 Å². The second-order valence-corrected chi connectivity index (χ2v) is 10.2. The van der Waals surface area contributed by atoms with Crippen molar-refractivity contribution in [2.45, 2.75) is 19.0 Å². The molecule has 0 saturated heterocycles. The molecule has 62 valence electrons. The first-order valence-corrected chi connectivity index (χ1v) is 8.59. The van der Waals surface area contributed by atoms with E-state index in [9.17, 15) is 0 Å². The van der Waals surface area contributed by atoms with E-state index in [0.717, 1.165) is 5.75 Å². The summed E-state index contributed by atoms with van der Waals surface area (Å²) in [5, 5.41) is 0. The summed E-state index contributed by atoms with van der Waals surface area (Å²) in [6.07, 6.45) is 3.31. The molecule has 0 aliphatic rings. The Bertz CT molecular complexity index is 85.8. The van der Waals surface area contributed by atoms with Crippen LogP contribution in [0.5, 0.6) is 0 Å². The largest absolute Gasteiger partial charge is 0.410 e. The van der Waals surface area contributed by atoms with Gasteiger partial charge in [-0.1, -0.05) is 0 Å². The molecular weight excluding hydrogens is 180 g/mol. The fourth-order valence-corrected chi connectivity index (χ4v) is 4.08. The summed E-state index contributed by atoms with van der Waals surface area (Å²) in [7, 11) is 0.470. The Hall–Kier alpha value is 0.877. The van der Waals surface area contributed by atoms with Crippen molar-refractivity contribution < 1.29 is 4.43 Å². The van der Waals surface area contributed by atoms with Crippen LogP contribution in [-0.4, -0.2) is 26.6 Å². The fourth-order valence-electron chi connectivity index (χ4n) is 0.688. The van der Waals surface area contributed by atoms with E-state index < -0.39 is 7.47 Å². The average Bonchev–Trinajstić information content (AvgIpc) is 2.00.